The molecule has 2 unspecified atom stereocenters. The summed E-state index contributed by atoms with van der Waals surface area (Å²) >= 11 is 1.97. The van der Waals surface area contributed by atoms with Crippen LogP contribution in [0.2, 0.25) is 0 Å². The molecule has 2 N–H and O–H groups in total. The Bertz CT molecular complexity index is 212. The van der Waals surface area contributed by atoms with Crippen LogP contribution in [-0.2, 0) is 4.74 Å². The highest BCUT2D eigenvalue weighted by atomic mass is 32.2. The Balaban J connectivity index is 2.18. The Labute approximate surface area is 110 Å². The number of hydrogen-bond acceptors (Lipinski definition) is 4. The topological polar surface area (TPSA) is 41.5 Å². The van der Waals surface area contributed by atoms with Crippen molar-refractivity contribution in [2.45, 2.75) is 56.4 Å². The molecule has 1 aliphatic rings. The number of ether oxygens (including phenoxy) is 1. The van der Waals surface area contributed by atoms with Crippen molar-refractivity contribution in [1.29, 1.82) is 0 Å². The fraction of sp³-hybridized carbons (Fsp3) is 1.00. The first-order valence-corrected chi connectivity index (χ1v) is 7.63. The number of aliphatic hydroxyl groups is 1. The molecule has 0 saturated heterocycles. The van der Waals surface area contributed by atoms with Gasteiger partial charge < -0.3 is 15.2 Å². The summed E-state index contributed by atoms with van der Waals surface area (Å²) in [6.07, 6.45) is 4.67. The molecule has 0 spiro atoms. The van der Waals surface area contributed by atoms with E-state index in [9.17, 15) is 5.11 Å². The largest absolute Gasteiger partial charge is 0.394 e. The van der Waals surface area contributed by atoms with Crippen molar-refractivity contribution >= 4 is 11.8 Å². The maximum absolute atomic E-state index is 9.53. The molecule has 17 heavy (non-hydrogen) atoms. The first kappa shape index (κ1) is 15.3. The van der Waals surface area contributed by atoms with Crippen LogP contribution in [0.1, 0.15) is 39.5 Å². The fourth-order valence-electron chi connectivity index (χ4n) is 2.07. The predicted octanol–water partition coefficient (Wildman–Crippen LogP) is 2.04. The molecule has 0 bridgehead atoms. The monoisotopic (exact) mass is 261 g/mol. The van der Waals surface area contributed by atoms with Crippen LogP contribution in [0.25, 0.3) is 0 Å². The second-order valence-corrected chi connectivity index (χ2v) is 6.92. The number of methoxy groups -OCH3 is 1. The average molecular weight is 261 g/mol. The molecule has 0 heterocycles. The predicted molar refractivity (Wildman–Crippen MR) is 74.7 cm³/mol. The van der Waals surface area contributed by atoms with E-state index in [-0.39, 0.29) is 12.1 Å². The molecule has 0 aromatic carbocycles. The van der Waals surface area contributed by atoms with Crippen LogP contribution in [0, 0.1) is 0 Å². The van der Waals surface area contributed by atoms with E-state index in [1.54, 1.807) is 7.11 Å². The summed E-state index contributed by atoms with van der Waals surface area (Å²) in [5, 5.41) is 13.7. The van der Waals surface area contributed by atoms with Gasteiger partial charge in [-0.2, -0.15) is 11.8 Å². The molecule has 2 atom stereocenters. The molecule has 102 valence electrons. The molecule has 0 aliphatic heterocycles. The average Bonchev–Trinajstić information content (AvgIpc) is 3.08. The number of thioether (sulfide) groups is 1. The maximum Gasteiger partial charge on any atom is 0.0611 e. The van der Waals surface area contributed by atoms with Crippen LogP contribution in [-0.4, -0.2) is 48.0 Å². The van der Waals surface area contributed by atoms with Crippen molar-refractivity contribution < 1.29 is 9.84 Å². The SMILES string of the molecule is COCCCSC(C)CC(C)(CO)NC1CC1. The molecule has 4 heteroatoms. The zero-order valence-corrected chi connectivity index (χ0v) is 12.2. The van der Waals surface area contributed by atoms with Crippen molar-refractivity contribution in [2.75, 3.05) is 26.1 Å². The first-order chi connectivity index (χ1) is 8.09. The van der Waals surface area contributed by atoms with Crippen LogP contribution in [0.15, 0.2) is 0 Å². The quantitative estimate of drug-likeness (QED) is 0.591. The molecule has 0 aromatic rings. The smallest absolute Gasteiger partial charge is 0.0611 e. The first-order valence-electron chi connectivity index (χ1n) is 6.59. The summed E-state index contributed by atoms with van der Waals surface area (Å²) in [6.45, 7) is 5.46. The number of aliphatic hydroxyl groups excluding tert-OH is 1. The molecule has 1 rings (SSSR count). The van der Waals surface area contributed by atoms with Gasteiger partial charge in [0, 0.05) is 30.5 Å². The summed E-state index contributed by atoms with van der Waals surface area (Å²) in [4.78, 5) is 0. The van der Waals surface area contributed by atoms with Crippen molar-refractivity contribution in [2.24, 2.45) is 0 Å². The number of hydrogen-bond donors (Lipinski definition) is 2. The minimum atomic E-state index is -0.102. The zero-order valence-electron chi connectivity index (χ0n) is 11.4. The molecule has 1 saturated carbocycles. The molecular formula is C13H27NO2S. The van der Waals surface area contributed by atoms with Gasteiger partial charge in [0.05, 0.1) is 6.61 Å². The van der Waals surface area contributed by atoms with E-state index in [2.05, 4.69) is 19.2 Å². The molecular weight excluding hydrogens is 234 g/mol. The van der Waals surface area contributed by atoms with Gasteiger partial charge in [-0.3, -0.25) is 0 Å². The summed E-state index contributed by atoms with van der Waals surface area (Å²) in [5.41, 5.74) is -0.102. The van der Waals surface area contributed by atoms with E-state index in [4.69, 9.17) is 4.74 Å². The summed E-state index contributed by atoms with van der Waals surface area (Å²) in [7, 11) is 1.75. The van der Waals surface area contributed by atoms with E-state index < -0.39 is 0 Å². The van der Waals surface area contributed by atoms with E-state index in [1.807, 2.05) is 11.8 Å². The Morgan fingerprint density at radius 2 is 2.24 bits per heavy atom. The van der Waals surface area contributed by atoms with E-state index in [0.29, 0.717) is 11.3 Å². The van der Waals surface area contributed by atoms with Crippen molar-refractivity contribution in [1.82, 2.24) is 5.32 Å². The third-order valence-electron chi connectivity index (χ3n) is 3.11. The highest BCUT2D eigenvalue weighted by Crippen LogP contribution is 2.27. The van der Waals surface area contributed by atoms with Gasteiger partial charge in [-0.15, -0.1) is 0 Å². The molecule has 3 nitrogen and oxygen atoms in total. The molecule has 1 fully saturated rings. The van der Waals surface area contributed by atoms with Gasteiger partial charge in [-0.25, -0.2) is 0 Å². The lowest BCUT2D eigenvalue weighted by Crippen LogP contribution is -2.48. The lowest BCUT2D eigenvalue weighted by atomic mass is 9.97. The zero-order chi connectivity index (χ0) is 12.7. The van der Waals surface area contributed by atoms with Crippen LogP contribution in [0.3, 0.4) is 0 Å². The Morgan fingerprint density at radius 1 is 1.53 bits per heavy atom. The van der Waals surface area contributed by atoms with Gasteiger partial charge in [0.2, 0.25) is 0 Å². The fourth-order valence-corrected chi connectivity index (χ4v) is 3.24. The van der Waals surface area contributed by atoms with Crippen molar-refractivity contribution in [3.63, 3.8) is 0 Å². The lowest BCUT2D eigenvalue weighted by Gasteiger charge is -2.31. The summed E-state index contributed by atoms with van der Waals surface area (Å²) in [5.74, 6) is 1.14. The normalized spacial score (nSPS) is 21.2. The third-order valence-corrected chi connectivity index (χ3v) is 4.37. The van der Waals surface area contributed by atoms with Gasteiger partial charge in [0.25, 0.3) is 0 Å². The molecule has 0 amide bonds. The van der Waals surface area contributed by atoms with E-state index in [1.165, 1.54) is 12.8 Å². The summed E-state index contributed by atoms with van der Waals surface area (Å²) in [6, 6.07) is 0.651. The van der Waals surface area contributed by atoms with Gasteiger partial charge in [0.1, 0.15) is 0 Å². The van der Waals surface area contributed by atoms with Crippen LogP contribution >= 0.6 is 11.8 Å². The van der Waals surface area contributed by atoms with E-state index >= 15 is 0 Å². The summed E-state index contributed by atoms with van der Waals surface area (Å²) < 4.78 is 5.04. The van der Waals surface area contributed by atoms with Gasteiger partial charge in [0.15, 0.2) is 0 Å². The highest BCUT2D eigenvalue weighted by molar-refractivity contribution is 7.99. The van der Waals surface area contributed by atoms with Crippen LogP contribution in [0.4, 0.5) is 0 Å². The third kappa shape index (κ3) is 6.65. The molecule has 0 aromatic heterocycles. The van der Waals surface area contributed by atoms with Crippen molar-refractivity contribution in [3.05, 3.63) is 0 Å². The van der Waals surface area contributed by atoms with Gasteiger partial charge in [-0.05, 0) is 38.4 Å². The minimum absolute atomic E-state index is 0.102. The van der Waals surface area contributed by atoms with Crippen molar-refractivity contribution in [3.8, 4) is 0 Å². The molecule has 1 aliphatic carbocycles. The van der Waals surface area contributed by atoms with Gasteiger partial charge in [-0.1, -0.05) is 6.92 Å². The molecule has 0 radical (unpaired) electrons. The Hall–Kier alpha value is 0.230. The highest BCUT2D eigenvalue weighted by Gasteiger charge is 2.33. The van der Waals surface area contributed by atoms with Crippen LogP contribution < -0.4 is 5.32 Å². The standard InChI is InChI=1S/C13H27NO2S/c1-11(17-8-4-7-16-3)9-13(2,10-15)14-12-5-6-12/h11-12,14-15H,4-10H2,1-3H3. The van der Waals surface area contributed by atoms with Crippen LogP contribution in [0.5, 0.6) is 0 Å². The second-order valence-electron chi connectivity index (χ2n) is 5.37. The Kier molecular flexibility index (Phi) is 6.85. The number of rotatable bonds is 10. The number of nitrogens with one attached hydrogen (secondary N) is 1. The van der Waals surface area contributed by atoms with Gasteiger partial charge >= 0.3 is 0 Å². The second kappa shape index (κ2) is 7.62. The maximum atomic E-state index is 9.53. The minimum Gasteiger partial charge on any atom is -0.394 e. The van der Waals surface area contributed by atoms with E-state index in [0.717, 1.165) is 25.2 Å². The lowest BCUT2D eigenvalue weighted by molar-refractivity contribution is 0.164. The Morgan fingerprint density at radius 3 is 2.76 bits per heavy atom.